The van der Waals surface area contributed by atoms with E-state index in [4.69, 9.17) is 0 Å². The zero-order valence-corrected chi connectivity index (χ0v) is 10.0. The summed E-state index contributed by atoms with van der Waals surface area (Å²) in [6.07, 6.45) is 3.25. The van der Waals surface area contributed by atoms with E-state index in [2.05, 4.69) is 5.32 Å². The minimum Gasteiger partial charge on any atom is -0.387 e. The Kier molecular flexibility index (Phi) is 4.31. The molecule has 18 heavy (non-hydrogen) atoms. The van der Waals surface area contributed by atoms with Gasteiger partial charge in [-0.1, -0.05) is 60.7 Å². The highest BCUT2D eigenvalue weighted by Gasteiger charge is 1.98. The smallest absolute Gasteiger partial charge is 0.187 e. The minimum atomic E-state index is 0.0103. The van der Waals surface area contributed by atoms with Gasteiger partial charge in [0.05, 0.1) is 0 Å². The highest BCUT2D eigenvalue weighted by molar-refractivity contribution is 6.04. The number of allylic oxidation sites excluding steroid dienone is 1. The van der Waals surface area contributed by atoms with Crippen LogP contribution in [0.5, 0.6) is 0 Å². The van der Waals surface area contributed by atoms with Gasteiger partial charge in [-0.25, -0.2) is 0 Å². The van der Waals surface area contributed by atoms with Crippen LogP contribution in [-0.2, 0) is 6.54 Å². The van der Waals surface area contributed by atoms with Gasteiger partial charge >= 0.3 is 0 Å². The first-order valence-electron chi connectivity index (χ1n) is 5.89. The average Bonchev–Trinajstić information content (AvgIpc) is 2.45. The van der Waals surface area contributed by atoms with Gasteiger partial charge in [0.25, 0.3) is 0 Å². The molecule has 0 saturated heterocycles. The standard InChI is InChI=1S/C16H15NO/c18-16(15-9-5-2-6-10-15)11-12-17-13-14-7-3-1-4-8-14/h1-12,17H,13H2/b12-11+. The molecule has 0 amide bonds. The van der Waals surface area contributed by atoms with Crippen LogP contribution in [0.3, 0.4) is 0 Å². The number of rotatable bonds is 5. The fourth-order valence-corrected chi connectivity index (χ4v) is 1.61. The Hall–Kier alpha value is -2.35. The summed E-state index contributed by atoms with van der Waals surface area (Å²) >= 11 is 0. The first-order valence-corrected chi connectivity index (χ1v) is 5.89. The molecule has 0 atom stereocenters. The second kappa shape index (κ2) is 6.40. The predicted molar refractivity (Wildman–Crippen MR) is 73.2 cm³/mol. The highest BCUT2D eigenvalue weighted by Crippen LogP contribution is 2.01. The van der Waals surface area contributed by atoms with Gasteiger partial charge < -0.3 is 5.32 Å². The molecule has 2 aromatic carbocycles. The van der Waals surface area contributed by atoms with E-state index in [1.54, 1.807) is 12.3 Å². The van der Waals surface area contributed by atoms with E-state index in [0.29, 0.717) is 5.56 Å². The maximum absolute atomic E-state index is 11.7. The number of carbonyl (C=O) groups is 1. The van der Waals surface area contributed by atoms with Gasteiger partial charge in [-0.3, -0.25) is 4.79 Å². The summed E-state index contributed by atoms with van der Waals surface area (Å²) in [5.41, 5.74) is 1.89. The molecule has 0 unspecified atom stereocenters. The molecule has 1 N–H and O–H groups in total. The van der Waals surface area contributed by atoms with Crippen LogP contribution in [0.4, 0.5) is 0 Å². The van der Waals surface area contributed by atoms with Crippen LogP contribution < -0.4 is 5.32 Å². The Bertz CT molecular complexity index is 517. The van der Waals surface area contributed by atoms with Crippen LogP contribution in [0.15, 0.2) is 72.9 Å². The number of ketones is 1. The lowest BCUT2D eigenvalue weighted by molar-refractivity contribution is 0.104. The minimum absolute atomic E-state index is 0.0103. The van der Waals surface area contributed by atoms with E-state index < -0.39 is 0 Å². The van der Waals surface area contributed by atoms with Gasteiger partial charge in [0.2, 0.25) is 0 Å². The van der Waals surface area contributed by atoms with Gasteiger partial charge in [0, 0.05) is 24.4 Å². The molecule has 0 saturated carbocycles. The third kappa shape index (κ3) is 3.59. The lowest BCUT2D eigenvalue weighted by Gasteiger charge is -2.00. The van der Waals surface area contributed by atoms with Crippen molar-refractivity contribution in [2.24, 2.45) is 0 Å². The summed E-state index contributed by atoms with van der Waals surface area (Å²) in [5.74, 6) is 0.0103. The van der Waals surface area contributed by atoms with E-state index in [0.717, 1.165) is 6.54 Å². The molecular formula is C16H15NO. The Labute approximate surface area is 107 Å². The van der Waals surface area contributed by atoms with Crippen molar-refractivity contribution in [3.63, 3.8) is 0 Å². The molecule has 0 bridgehead atoms. The number of hydrogen-bond donors (Lipinski definition) is 1. The van der Waals surface area contributed by atoms with Crippen molar-refractivity contribution in [3.05, 3.63) is 84.1 Å². The molecule has 0 aliphatic rings. The van der Waals surface area contributed by atoms with Gasteiger partial charge in [-0.15, -0.1) is 0 Å². The van der Waals surface area contributed by atoms with Crippen LogP contribution in [-0.4, -0.2) is 5.78 Å². The summed E-state index contributed by atoms with van der Waals surface area (Å²) in [6, 6.07) is 19.3. The molecule has 0 spiro atoms. The summed E-state index contributed by atoms with van der Waals surface area (Å²) in [5, 5.41) is 3.10. The third-order valence-electron chi connectivity index (χ3n) is 2.56. The van der Waals surface area contributed by atoms with Crippen LogP contribution in [0.1, 0.15) is 15.9 Å². The molecule has 2 heteroatoms. The number of carbonyl (C=O) groups excluding carboxylic acids is 1. The van der Waals surface area contributed by atoms with Gasteiger partial charge in [-0.2, -0.15) is 0 Å². The maximum atomic E-state index is 11.7. The van der Waals surface area contributed by atoms with E-state index in [1.165, 1.54) is 5.56 Å². The SMILES string of the molecule is O=C(/C=C/NCc1ccccc1)c1ccccc1. The first kappa shape index (κ1) is 12.1. The van der Waals surface area contributed by atoms with Crippen LogP contribution in [0, 0.1) is 0 Å². The largest absolute Gasteiger partial charge is 0.387 e. The second-order valence-electron chi connectivity index (χ2n) is 3.93. The summed E-state index contributed by atoms with van der Waals surface area (Å²) in [4.78, 5) is 11.7. The molecule has 0 aliphatic heterocycles. The zero-order chi connectivity index (χ0) is 12.6. The molecule has 0 radical (unpaired) electrons. The van der Waals surface area contributed by atoms with Crippen molar-refractivity contribution in [1.82, 2.24) is 5.32 Å². The van der Waals surface area contributed by atoms with E-state index in [1.807, 2.05) is 60.7 Å². The summed E-state index contributed by atoms with van der Waals surface area (Å²) < 4.78 is 0. The lowest BCUT2D eigenvalue weighted by Crippen LogP contribution is -2.05. The molecule has 90 valence electrons. The monoisotopic (exact) mass is 237 g/mol. The Morgan fingerprint density at radius 3 is 2.22 bits per heavy atom. The summed E-state index contributed by atoms with van der Waals surface area (Å²) in [6.45, 7) is 0.722. The molecule has 0 aromatic heterocycles. The normalized spacial score (nSPS) is 10.4. The molecule has 2 rings (SSSR count). The molecule has 0 heterocycles. The van der Waals surface area contributed by atoms with Gasteiger partial charge in [0.15, 0.2) is 5.78 Å². The second-order valence-corrected chi connectivity index (χ2v) is 3.93. The topological polar surface area (TPSA) is 29.1 Å². The van der Waals surface area contributed by atoms with Crippen molar-refractivity contribution in [2.75, 3.05) is 0 Å². The lowest BCUT2D eigenvalue weighted by atomic mass is 10.1. The molecular weight excluding hydrogens is 222 g/mol. The number of hydrogen-bond acceptors (Lipinski definition) is 2. The quantitative estimate of drug-likeness (QED) is 0.639. The van der Waals surface area contributed by atoms with Gasteiger partial charge in [-0.05, 0) is 5.56 Å². The maximum Gasteiger partial charge on any atom is 0.187 e. The van der Waals surface area contributed by atoms with Crippen LogP contribution >= 0.6 is 0 Å². The van der Waals surface area contributed by atoms with Crippen molar-refractivity contribution in [2.45, 2.75) is 6.54 Å². The van der Waals surface area contributed by atoms with Crippen molar-refractivity contribution >= 4 is 5.78 Å². The van der Waals surface area contributed by atoms with Crippen LogP contribution in [0.2, 0.25) is 0 Å². The third-order valence-corrected chi connectivity index (χ3v) is 2.56. The summed E-state index contributed by atoms with van der Waals surface area (Å²) in [7, 11) is 0. The molecule has 0 fully saturated rings. The Balaban J connectivity index is 1.84. The molecule has 2 aromatic rings. The van der Waals surface area contributed by atoms with Gasteiger partial charge in [0.1, 0.15) is 0 Å². The first-order chi connectivity index (χ1) is 8.86. The Morgan fingerprint density at radius 1 is 0.944 bits per heavy atom. The van der Waals surface area contributed by atoms with Crippen molar-refractivity contribution in [1.29, 1.82) is 0 Å². The molecule has 2 nitrogen and oxygen atoms in total. The highest BCUT2D eigenvalue weighted by atomic mass is 16.1. The fraction of sp³-hybridized carbons (Fsp3) is 0.0625. The zero-order valence-electron chi connectivity index (χ0n) is 10.0. The van der Waals surface area contributed by atoms with E-state index >= 15 is 0 Å². The number of benzene rings is 2. The van der Waals surface area contributed by atoms with E-state index in [-0.39, 0.29) is 5.78 Å². The van der Waals surface area contributed by atoms with E-state index in [9.17, 15) is 4.79 Å². The molecule has 0 aliphatic carbocycles. The fourth-order valence-electron chi connectivity index (χ4n) is 1.61. The average molecular weight is 237 g/mol. The van der Waals surface area contributed by atoms with Crippen molar-refractivity contribution < 1.29 is 4.79 Å². The Morgan fingerprint density at radius 2 is 1.56 bits per heavy atom. The predicted octanol–water partition coefficient (Wildman–Crippen LogP) is 3.17. The number of nitrogens with one attached hydrogen (secondary N) is 1. The van der Waals surface area contributed by atoms with Crippen LogP contribution in [0.25, 0.3) is 0 Å². The van der Waals surface area contributed by atoms with Crippen molar-refractivity contribution in [3.8, 4) is 0 Å².